The molecule has 4 nitrogen and oxygen atoms in total. The van der Waals surface area contributed by atoms with E-state index in [0.717, 1.165) is 25.7 Å². The molecule has 0 amide bonds. The van der Waals surface area contributed by atoms with Crippen LogP contribution in [-0.2, 0) is 10.0 Å². The monoisotopic (exact) mass is 358 g/mol. The maximum absolute atomic E-state index is 12.8. The van der Waals surface area contributed by atoms with E-state index in [2.05, 4.69) is 15.9 Å². The van der Waals surface area contributed by atoms with Crippen molar-refractivity contribution in [3.05, 3.63) is 22.7 Å². The minimum absolute atomic E-state index is 0.333. The number of rotatable bonds is 6. The Bertz CT molecular complexity index is 596. The molecule has 20 heavy (non-hydrogen) atoms. The molecule has 3 rings (SSSR count). The molecule has 1 aromatic carbocycles. The van der Waals surface area contributed by atoms with E-state index < -0.39 is 10.0 Å². The molecule has 0 spiro atoms. The Morgan fingerprint density at radius 2 is 1.70 bits per heavy atom. The zero-order chi connectivity index (χ0) is 14.3. The van der Waals surface area contributed by atoms with Gasteiger partial charge in [0.2, 0.25) is 10.0 Å². The third-order valence-corrected chi connectivity index (χ3v) is 6.44. The second-order valence-corrected chi connectivity index (χ2v) is 8.68. The van der Waals surface area contributed by atoms with Gasteiger partial charge in [-0.15, -0.1) is 0 Å². The number of anilines is 1. The molecule has 0 unspecified atom stereocenters. The van der Waals surface area contributed by atoms with E-state index >= 15 is 0 Å². The molecule has 6 heteroatoms. The molecule has 1 aromatic rings. The number of nitrogens with zero attached hydrogens (tertiary/aromatic N) is 1. The van der Waals surface area contributed by atoms with E-state index in [1.165, 1.54) is 0 Å². The minimum atomic E-state index is -3.40. The lowest BCUT2D eigenvalue weighted by Gasteiger charge is -2.22. The number of benzene rings is 1. The maximum atomic E-state index is 12.8. The molecule has 2 aliphatic rings. The molecule has 2 aliphatic carbocycles. The van der Waals surface area contributed by atoms with Crippen molar-refractivity contribution in [1.82, 2.24) is 4.31 Å². The Morgan fingerprint density at radius 1 is 1.15 bits per heavy atom. The van der Waals surface area contributed by atoms with Crippen LogP contribution in [0.3, 0.4) is 0 Å². The maximum Gasteiger partial charge on any atom is 0.243 e. The number of hydrogen-bond donors (Lipinski definition) is 1. The molecule has 0 bridgehead atoms. The van der Waals surface area contributed by atoms with Crippen molar-refractivity contribution in [3.8, 4) is 0 Å². The molecular weight excluding hydrogens is 340 g/mol. The SMILES string of the molecule is Nc1ccc(S(=O)(=O)N(CC2CC2)CC2CC2)cc1Br. The summed E-state index contributed by atoms with van der Waals surface area (Å²) in [6, 6.07) is 4.85. The van der Waals surface area contributed by atoms with Gasteiger partial charge < -0.3 is 5.73 Å². The molecule has 0 aliphatic heterocycles. The number of halogens is 1. The summed E-state index contributed by atoms with van der Waals surface area (Å²) >= 11 is 3.31. The van der Waals surface area contributed by atoms with Crippen molar-refractivity contribution in [1.29, 1.82) is 0 Å². The van der Waals surface area contributed by atoms with E-state index in [1.807, 2.05) is 0 Å². The largest absolute Gasteiger partial charge is 0.398 e. The van der Waals surface area contributed by atoms with Gasteiger partial charge in [-0.1, -0.05) is 0 Å². The predicted octanol–water partition coefficient (Wildman–Crippen LogP) is 2.84. The molecule has 2 N–H and O–H groups in total. The van der Waals surface area contributed by atoms with Crippen LogP contribution in [0.4, 0.5) is 5.69 Å². The number of hydrogen-bond acceptors (Lipinski definition) is 3. The third kappa shape index (κ3) is 3.18. The summed E-state index contributed by atoms with van der Waals surface area (Å²) in [6.07, 6.45) is 4.62. The van der Waals surface area contributed by atoms with Crippen LogP contribution in [0.2, 0.25) is 0 Å². The van der Waals surface area contributed by atoms with Crippen LogP contribution in [-0.4, -0.2) is 25.8 Å². The molecule has 0 heterocycles. The summed E-state index contributed by atoms with van der Waals surface area (Å²) in [7, 11) is -3.40. The summed E-state index contributed by atoms with van der Waals surface area (Å²) in [6.45, 7) is 1.33. The molecule has 110 valence electrons. The molecule has 2 fully saturated rings. The topological polar surface area (TPSA) is 63.4 Å². The lowest BCUT2D eigenvalue weighted by molar-refractivity contribution is 0.382. The molecule has 2 saturated carbocycles. The van der Waals surface area contributed by atoms with E-state index in [9.17, 15) is 8.42 Å². The van der Waals surface area contributed by atoms with E-state index in [1.54, 1.807) is 22.5 Å². The second kappa shape index (κ2) is 5.31. The fourth-order valence-corrected chi connectivity index (χ4v) is 4.41. The summed E-state index contributed by atoms with van der Waals surface area (Å²) in [4.78, 5) is 0.333. The first-order chi connectivity index (χ1) is 9.46. The third-order valence-electron chi connectivity index (χ3n) is 3.93. The normalized spacial score (nSPS) is 19.5. The van der Waals surface area contributed by atoms with Crippen LogP contribution in [0, 0.1) is 11.8 Å². The molecule has 0 radical (unpaired) electrons. The summed E-state index contributed by atoms with van der Waals surface area (Å²) in [5.41, 5.74) is 6.29. The smallest absolute Gasteiger partial charge is 0.243 e. The molecule has 0 saturated heterocycles. The summed E-state index contributed by atoms with van der Waals surface area (Å²) in [5.74, 6) is 1.11. The van der Waals surface area contributed by atoms with Gasteiger partial charge in [0.15, 0.2) is 0 Å². The predicted molar refractivity (Wildman–Crippen MR) is 82.8 cm³/mol. The summed E-state index contributed by atoms with van der Waals surface area (Å²) < 4.78 is 27.9. The van der Waals surface area contributed by atoms with Gasteiger partial charge in [-0.3, -0.25) is 0 Å². The average molecular weight is 359 g/mol. The van der Waals surface area contributed by atoms with Gasteiger partial charge >= 0.3 is 0 Å². The first-order valence-electron chi connectivity index (χ1n) is 7.02. The lowest BCUT2D eigenvalue weighted by Crippen LogP contribution is -2.34. The Morgan fingerprint density at radius 3 is 2.15 bits per heavy atom. The van der Waals surface area contributed by atoms with Gasteiger partial charge in [0.25, 0.3) is 0 Å². The van der Waals surface area contributed by atoms with Crippen LogP contribution < -0.4 is 5.73 Å². The fraction of sp³-hybridized carbons (Fsp3) is 0.571. The van der Waals surface area contributed by atoms with Gasteiger partial charge in [0.1, 0.15) is 0 Å². The first-order valence-corrected chi connectivity index (χ1v) is 9.25. The van der Waals surface area contributed by atoms with Crippen LogP contribution in [0.5, 0.6) is 0 Å². The van der Waals surface area contributed by atoms with E-state index in [4.69, 9.17) is 5.73 Å². The highest BCUT2D eigenvalue weighted by Gasteiger charge is 2.35. The highest BCUT2D eigenvalue weighted by molar-refractivity contribution is 9.10. The van der Waals surface area contributed by atoms with Gasteiger partial charge in [0, 0.05) is 23.2 Å². The first kappa shape index (κ1) is 14.4. The van der Waals surface area contributed by atoms with Gasteiger partial charge in [-0.2, -0.15) is 4.31 Å². The van der Waals surface area contributed by atoms with Gasteiger partial charge in [-0.25, -0.2) is 8.42 Å². The Labute approximate surface area is 128 Å². The van der Waals surface area contributed by atoms with Gasteiger partial charge in [0.05, 0.1) is 4.90 Å². The van der Waals surface area contributed by atoms with Crippen LogP contribution in [0.1, 0.15) is 25.7 Å². The van der Waals surface area contributed by atoms with Crippen molar-refractivity contribution in [2.24, 2.45) is 11.8 Å². The zero-order valence-electron chi connectivity index (χ0n) is 11.3. The Kier molecular flexibility index (Phi) is 3.81. The van der Waals surface area contributed by atoms with Crippen LogP contribution in [0.25, 0.3) is 0 Å². The van der Waals surface area contributed by atoms with Crippen LogP contribution in [0.15, 0.2) is 27.6 Å². The quantitative estimate of drug-likeness (QED) is 0.795. The lowest BCUT2D eigenvalue weighted by atomic mass is 10.3. The molecule has 0 atom stereocenters. The highest BCUT2D eigenvalue weighted by atomic mass is 79.9. The average Bonchev–Trinajstić information content (AvgIpc) is 3.26. The highest BCUT2D eigenvalue weighted by Crippen LogP contribution is 2.36. The van der Waals surface area contributed by atoms with Gasteiger partial charge in [-0.05, 0) is 71.6 Å². The Hall–Kier alpha value is -0.590. The standard InChI is InChI=1S/C14H19BrN2O2S/c15-13-7-12(5-6-14(13)16)20(18,19)17(8-10-1-2-10)9-11-3-4-11/h5-7,10-11H,1-4,8-9,16H2. The minimum Gasteiger partial charge on any atom is -0.398 e. The molecular formula is C14H19BrN2O2S. The van der Waals surface area contributed by atoms with Crippen molar-refractivity contribution >= 4 is 31.6 Å². The number of nitrogens with two attached hydrogens (primary N) is 1. The zero-order valence-corrected chi connectivity index (χ0v) is 13.7. The summed E-state index contributed by atoms with van der Waals surface area (Å²) in [5, 5.41) is 0. The van der Waals surface area contributed by atoms with Crippen molar-refractivity contribution in [3.63, 3.8) is 0 Å². The van der Waals surface area contributed by atoms with Crippen molar-refractivity contribution in [2.75, 3.05) is 18.8 Å². The van der Waals surface area contributed by atoms with Crippen molar-refractivity contribution < 1.29 is 8.42 Å². The fourth-order valence-electron chi connectivity index (χ4n) is 2.26. The molecule has 0 aromatic heterocycles. The number of sulfonamides is 1. The Balaban J connectivity index is 1.86. The van der Waals surface area contributed by atoms with E-state index in [0.29, 0.717) is 40.0 Å². The second-order valence-electron chi connectivity index (χ2n) is 5.89. The van der Waals surface area contributed by atoms with Crippen molar-refractivity contribution in [2.45, 2.75) is 30.6 Å². The van der Waals surface area contributed by atoms with E-state index in [-0.39, 0.29) is 0 Å². The van der Waals surface area contributed by atoms with Crippen LogP contribution >= 0.6 is 15.9 Å². The number of nitrogen functional groups attached to an aromatic ring is 1.